The van der Waals surface area contributed by atoms with E-state index in [-0.39, 0.29) is 28.5 Å². The van der Waals surface area contributed by atoms with Gasteiger partial charge < -0.3 is 11.1 Å². The molecule has 4 heteroatoms. The smallest absolute Gasteiger partial charge is 0.253 e. The molecule has 1 amide bonds. The Hall–Kier alpha value is -1.58. The monoisotopic (exact) mass is 290 g/mol. The fourth-order valence-electron chi connectivity index (χ4n) is 4.40. The molecule has 1 aromatic rings. The van der Waals surface area contributed by atoms with Gasteiger partial charge in [0.05, 0.1) is 5.56 Å². The standard InChI is InChI=1S/C17H23FN2O/c1-16(2)10-6-7-17(16,3)14(8-10)20-15(21)12-5-4-11(18)9-13(12)19/h4-5,9-10,14H,6-8,19H2,1-3H3,(H,20,21). The molecule has 0 aromatic heterocycles. The predicted octanol–water partition coefficient (Wildman–Crippen LogP) is 3.35. The van der Waals surface area contributed by atoms with E-state index in [0.717, 1.165) is 12.8 Å². The lowest BCUT2D eigenvalue weighted by atomic mass is 9.69. The van der Waals surface area contributed by atoms with E-state index in [4.69, 9.17) is 5.73 Å². The zero-order valence-corrected chi connectivity index (χ0v) is 12.9. The van der Waals surface area contributed by atoms with Crippen molar-refractivity contribution in [2.75, 3.05) is 5.73 Å². The van der Waals surface area contributed by atoms with Crippen molar-refractivity contribution in [2.45, 2.75) is 46.1 Å². The summed E-state index contributed by atoms with van der Waals surface area (Å²) < 4.78 is 13.1. The van der Waals surface area contributed by atoms with Gasteiger partial charge in [-0.25, -0.2) is 4.39 Å². The highest BCUT2D eigenvalue weighted by atomic mass is 19.1. The lowest BCUT2D eigenvalue weighted by Gasteiger charge is -2.39. The van der Waals surface area contributed by atoms with Crippen molar-refractivity contribution in [2.24, 2.45) is 16.7 Å². The minimum atomic E-state index is -0.419. The highest BCUT2D eigenvalue weighted by Gasteiger charge is 2.61. The van der Waals surface area contributed by atoms with Crippen LogP contribution in [0.1, 0.15) is 50.4 Å². The van der Waals surface area contributed by atoms with Crippen LogP contribution in [0.25, 0.3) is 0 Å². The first kappa shape index (κ1) is 14.4. The molecule has 0 saturated heterocycles. The SMILES string of the molecule is CC1(C)C2CCC1(C)C(NC(=O)c1ccc(F)cc1N)C2. The van der Waals surface area contributed by atoms with E-state index in [2.05, 4.69) is 26.1 Å². The van der Waals surface area contributed by atoms with Gasteiger partial charge in [-0.3, -0.25) is 4.79 Å². The van der Waals surface area contributed by atoms with Crippen molar-refractivity contribution in [1.82, 2.24) is 5.32 Å². The molecule has 1 aromatic carbocycles. The summed E-state index contributed by atoms with van der Waals surface area (Å²) in [6, 6.07) is 4.10. The maximum atomic E-state index is 13.1. The molecule has 0 aliphatic heterocycles. The number of amides is 1. The molecule has 2 fully saturated rings. The summed E-state index contributed by atoms with van der Waals surface area (Å²) in [6.07, 6.45) is 3.42. The number of carbonyl (C=O) groups is 1. The van der Waals surface area contributed by atoms with E-state index in [1.54, 1.807) is 0 Å². The lowest BCUT2D eigenvalue weighted by molar-refractivity contribution is 0.0827. The molecular formula is C17H23FN2O. The van der Waals surface area contributed by atoms with Crippen LogP contribution in [-0.2, 0) is 0 Å². The van der Waals surface area contributed by atoms with Crippen LogP contribution in [0.2, 0.25) is 0 Å². The van der Waals surface area contributed by atoms with Crippen LogP contribution in [0, 0.1) is 22.6 Å². The second-order valence-electron chi connectivity index (χ2n) is 7.37. The van der Waals surface area contributed by atoms with Crippen molar-refractivity contribution in [3.63, 3.8) is 0 Å². The van der Waals surface area contributed by atoms with Crippen molar-refractivity contribution in [3.8, 4) is 0 Å². The van der Waals surface area contributed by atoms with Crippen LogP contribution in [0.4, 0.5) is 10.1 Å². The maximum absolute atomic E-state index is 13.1. The van der Waals surface area contributed by atoms with E-state index < -0.39 is 5.82 Å². The normalized spacial score (nSPS) is 33.1. The third-order valence-corrected chi connectivity index (χ3v) is 6.36. The first-order valence-electron chi connectivity index (χ1n) is 7.61. The fourth-order valence-corrected chi connectivity index (χ4v) is 4.40. The quantitative estimate of drug-likeness (QED) is 0.821. The highest BCUT2D eigenvalue weighted by molar-refractivity contribution is 5.99. The predicted molar refractivity (Wildman–Crippen MR) is 81.3 cm³/mol. The molecule has 3 N–H and O–H groups in total. The summed E-state index contributed by atoms with van der Waals surface area (Å²) >= 11 is 0. The van der Waals surface area contributed by atoms with Crippen molar-refractivity contribution >= 4 is 11.6 Å². The molecule has 3 unspecified atom stereocenters. The largest absolute Gasteiger partial charge is 0.398 e. The highest BCUT2D eigenvalue weighted by Crippen LogP contribution is 2.65. The Bertz CT molecular complexity index is 598. The Morgan fingerprint density at radius 1 is 1.38 bits per heavy atom. The second kappa shape index (κ2) is 4.46. The Kier molecular flexibility index (Phi) is 3.05. The number of rotatable bonds is 2. The van der Waals surface area contributed by atoms with Crippen LogP contribution in [0.3, 0.4) is 0 Å². The van der Waals surface area contributed by atoms with E-state index in [1.807, 2.05) is 0 Å². The molecule has 2 bridgehead atoms. The van der Waals surface area contributed by atoms with Crippen molar-refractivity contribution in [3.05, 3.63) is 29.6 Å². The summed E-state index contributed by atoms with van der Waals surface area (Å²) in [5, 5.41) is 3.14. The molecule has 21 heavy (non-hydrogen) atoms. The first-order valence-corrected chi connectivity index (χ1v) is 7.61. The molecule has 2 aliphatic rings. The average Bonchev–Trinajstić information content (AvgIpc) is 2.71. The van der Waals surface area contributed by atoms with Gasteiger partial charge in [-0.15, -0.1) is 0 Å². The minimum absolute atomic E-state index is 0.127. The summed E-state index contributed by atoms with van der Waals surface area (Å²) in [7, 11) is 0. The molecule has 0 spiro atoms. The maximum Gasteiger partial charge on any atom is 0.253 e. The summed E-state index contributed by atoms with van der Waals surface area (Å²) in [6.45, 7) is 6.89. The van der Waals surface area contributed by atoms with Gasteiger partial charge in [0.25, 0.3) is 5.91 Å². The number of halogens is 1. The van der Waals surface area contributed by atoms with E-state index in [9.17, 15) is 9.18 Å². The number of benzene rings is 1. The van der Waals surface area contributed by atoms with Gasteiger partial charge in [0.1, 0.15) is 5.82 Å². The Morgan fingerprint density at radius 2 is 2.10 bits per heavy atom. The van der Waals surface area contributed by atoms with Crippen LogP contribution in [0.15, 0.2) is 18.2 Å². The molecule has 114 valence electrons. The third-order valence-electron chi connectivity index (χ3n) is 6.36. The van der Waals surface area contributed by atoms with Crippen LogP contribution >= 0.6 is 0 Å². The number of hydrogen-bond donors (Lipinski definition) is 2. The average molecular weight is 290 g/mol. The Morgan fingerprint density at radius 3 is 2.62 bits per heavy atom. The van der Waals surface area contributed by atoms with E-state index >= 15 is 0 Å². The van der Waals surface area contributed by atoms with Crippen molar-refractivity contribution < 1.29 is 9.18 Å². The number of carbonyl (C=O) groups excluding carboxylic acids is 1. The van der Waals surface area contributed by atoms with Gasteiger partial charge in [-0.1, -0.05) is 20.8 Å². The van der Waals surface area contributed by atoms with E-state index in [1.165, 1.54) is 24.6 Å². The molecule has 3 nitrogen and oxygen atoms in total. The van der Waals surface area contributed by atoms with Crippen LogP contribution in [-0.4, -0.2) is 11.9 Å². The van der Waals surface area contributed by atoms with Gasteiger partial charge in [-0.05, 0) is 54.2 Å². The molecule has 2 saturated carbocycles. The summed E-state index contributed by atoms with van der Waals surface area (Å²) in [5.74, 6) is 0.0532. The number of nitrogens with one attached hydrogen (secondary N) is 1. The summed E-state index contributed by atoms with van der Waals surface area (Å²) in [5.41, 5.74) is 6.69. The van der Waals surface area contributed by atoms with E-state index in [0.29, 0.717) is 11.5 Å². The molecule has 3 rings (SSSR count). The Labute approximate surface area is 125 Å². The number of nitrogens with two attached hydrogens (primary N) is 1. The minimum Gasteiger partial charge on any atom is -0.398 e. The number of hydrogen-bond acceptors (Lipinski definition) is 2. The Balaban J connectivity index is 1.80. The van der Waals surface area contributed by atoms with Gasteiger partial charge in [0.15, 0.2) is 0 Å². The topological polar surface area (TPSA) is 55.1 Å². The third kappa shape index (κ3) is 1.95. The van der Waals surface area contributed by atoms with Crippen molar-refractivity contribution in [1.29, 1.82) is 0 Å². The first-order chi connectivity index (χ1) is 9.75. The summed E-state index contributed by atoms with van der Waals surface area (Å²) in [4.78, 5) is 12.4. The second-order valence-corrected chi connectivity index (χ2v) is 7.37. The zero-order valence-electron chi connectivity index (χ0n) is 12.9. The molecular weight excluding hydrogens is 267 g/mol. The number of fused-ring (bicyclic) bond motifs is 2. The molecule has 0 heterocycles. The van der Waals surface area contributed by atoms with Gasteiger partial charge in [0, 0.05) is 11.7 Å². The molecule has 2 aliphatic carbocycles. The number of nitrogen functional groups attached to an aromatic ring is 1. The lowest BCUT2D eigenvalue weighted by Crippen LogP contribution is -2.47. The number of anilines is 1. The molecule has 3 atom stereocenters. The molecule has 0 radical (unpaired) electrons. The van der Waals surface area contributed by atoms with Gasteiger partial charge in [0.2, 0.25) is 0 Å². The van der Waals surface area contributed by atoms with Gasteiger partial charge in [-0.2, -0.15) is 0 Å². The van der Waals surface area contributed by atoms with Crippen LogP contribution < -0.4 is 11.1 Å². The van der Waals surface area contributed by atoms with Gasteiger partial charge >= 0.3 is 0 Å². The fraction of sp³-hybridized carbons (Fsp3) is 0.588. The van der Waals surface area contributed by atoms with Crippen LogP contribution in [0.5, 0.6) is 0 Å². The zero-order chi connectivity index (χ0) is 15.4.